The molecule has 0 aliphatic carbocycles. The van der Waals surface area contributed by atoms with E-state index in [1.165, 1.54) is 11.0 Å². The highest BCUT2D eigenvalue weighted by Gasteiger charge is 2.48. The number of nitrogens with two attached hydrogens (primary N) is 1. The minimum atomic E-state index is -0.649. The van der Waals surface area contributed by atoms with Gasteiger partial charge >= 0.3 is 0 Å². The number of carbonyl (C=O) groups is 3. The van der Waals surface area contributed by atoms with Crippen molar-refractivity contribution in [3.05, 3.63) is 12.7 Å². The third kappa shape index (κ3) is 3.80. The molecule has 0 aromatic rings. The minimum Gasteiger partial charge on any atom is -0.368 e. The Morgan fingerprint density at radius 3 is 2.41 bits per heavy atom. The van der Waals surface area contributed by atoms with E-state index in [2.05, 4.69) is 29.2 Å². The van der Waals surface area contributed by atoms with Crippen LogP contribution in [-0.4, -0.2) is 57.1 Å². The van der Waals surface area contributed by atoms with Crippen LogP contribution in [0.15, 0.2) is 12.7 Å². The van der Waals surface area contributed by atoms with Gasteiger partial charge in [0, 0.05) is 20.1 Å². The largest absolute Gasteiger partial charge is 0.368 e. The quantitative estimate of drug-likeness (QED) is 0.405. The number of alkyl halides is 1. The average molecular weight is 421 g/mol. The van der Waals surface area contributed by atoms with Crippen molar-refractivity contribution in [2.24, 2.45) is 17.6 Å². The van der Waals surface area contributed by atoms with Gasteiger partial charge in [0.2, 0.25) is 17.7 Å². The van der Waals surface area contributed by atoms with Crippen LogP contribution in [0.25, 0.3) is 0 Å². The van der Waals surface area contributed by atoms with Crippen LogP contribution >= 0.6 is 22.6 Å². The van der Waals surface area contributed by atoms with E-state index in [-0.39, 0.29) is 27.1 Å². The normalized spacial score (nSPS) is 25.9. The number of halogens is 1. The fourth-order valence-corrected chi connectivity index (χ4v) is 3.82. The summed E-state index contributed by atoms with van der Waals surface area (Å²) in [6.45, 7) is 9.93. The Hall–Kier alpha value is -1.12. The molecule has 1 aliphatic heterocycles. The smallest absolute Gasteiger partial charge is 0.246 e. The number of likely N-dealkylation sites (tertiary alicyclic amines) is 1. The molecule has 0 aromatic heterocycles. The van der Waals surface area contributed by atoms with E-state index >= 15 is 0 Å². The number of hydrogen-bond donors (Lipinski definition) is 1. The van der Waals surface area contributed by atoms with Gasteiger partial charge in [-0.3, -0.25) is 14.4 Å². The zero-order valence-electron chi connectivity index (χ0n) is 13.5. The molecular formula is C15H24IN3O3. The Balaban J connectivity index is 2.98. The van der Waals surface area contributed by atoms with Gasteiger partial charge in [-0.1, -0.05) is 43.0 Å². The highest BCUT2D eigenvalue weighted by molar-refractivity contribution is 14.1. The molecule has 22 heavy (non-hydrogen) atoms. The van der Waals surface area contributed by atoms with Crippen molar-refractivity contribution in [3.8, 4) is 0 Å². The molecule has 0 saturated carbocycles. The van der Waals surface area contributed by atoms with Crippen LogP contribution in [-0.2, 0) is 14.4 Å². The van der Waals surface area contributed by atoms with Crippen molar-refractivity contribution >= 4 is 40.3 Å². The second-order valence-electron chi connectivity index (χ2n) is 6.29. The molecule has 1 saturated heterocycles. The summed E-state index contributed by atoms with van der Waals surface area (Å²) in [4.78, 5) is 39.3. The van der Waals surface area contributed by atoms with Gasteiger partial charge in [0.1, 0.15) is 6.04 Å². The van der Waals surface area contributed by atoms with Crippen LogP contribution in [0.2, 0.25) is 0 Å². The molecule has 0 radical (unpaired) electrons. The summed E-state index contributed by atoms with van der Waals surface area (Å²) in [6, 6.07) is -0.649. The summed E-state index contributed by atoms with van der Waals surface area (Å²) in [7, 11) is 1.60. The number of primary amides is 1. The Morgan fingerprint density at radius 2 is 2.00 bits per heavy atom. The molecule has 0 unspecified atom stereocenters. The molecule has 0 spiro atoms. The molecular weight excluding hydrogens is 397 g/mol. The van der Waals surface area contributed by atoms with Gasteiger partial charge in [-0.25, -0.2) is 0 Å². The van der Waals surface area contributed by atoms with Crippen molar-refractivity contribution in [2.75, 3.05) is 20.1 Å². The molecule has 1 fully saturated rings. The van der Waals surface area contributed by atoms with Crippen LogP contribution in [0.1, 0.15) is 20.8 Å². The van der Waals surface area contributed by atoms with Crippen molar-refractivity contribution in [2.45, 2.75) is 30.2 Å². The fraction of sp³-hybridized carbons (Fsp3) is 0.667. The molecule has 124 valence electrons. The van der Waals surface area contributed by atoms with Crippen molar-refractivity contribution in [3.63, 3.8) is 0 Å². The van der Waals surface area contributed by atoms with Crippen molar-refractivity contribution < 1.29 is 14.4 Å². The van der Waals surface area contributed by atoms with Gasteiger partial charge in [0.05, 0.1) is 9.34 Å². The summed E-state index contributed by atoms with van der Waals surface area (Å²) in [5, 5.41) is 0. The lowest BCUT2D eigenvalue weighted by molar-refractivity contribution is -0.142. The maximum absolute atomic E-state index is 12.8. The molecule has 0 aromatic carbocycles. The first-order valence-electron chi connectivity index (χ1n) is 7.19. The van der Waals surface area contributed by atoms with Crippen molar-refractivity contribution in [1.29, 1.82) is 0 Å². The first kappa shape index (κ1) is 18.9. The highest BCUT2D eigenvalue weighted by Crippen LogP contribution is 2.37. The van der Waals surface area contributed by atoms with E-state index in [4.69, 9.17) is 5.73 Å². The number of carbonyl (C=O) groups excluding carboxylic acids is 3. The van der Waals surface area contributed by atoms with E-state index in [0.717, 1.165) is 0 Å². The third-order valence-corrected chi connectivity index (χ3v) is 5.19. The molecule has 3 atom stereocenters. The molecule has 0 bridgehead atoms. The number of likely N-dealkylation sites (N-methyl/N-ethyl adjacent to an activating group) is 1. The Kier molecular flexibility index (Phi) is 6.00. The minimum absolute atomic E-state index is 0.0702. The van der Waals surface area contributed by atoms with Crippen LogP contribution in [0.4, 0.5) is 0 Å². The van der Waals surface area contributed by atoms with E-state index in [1.54, 1.807) is 11.9 Å². The van der Waals surface area contributed by atoms with Crippen LogP contribution < -0.4 is 5.73 Å². The van der Waals surface area contributed by atoms with E-state index in [0.29, 0.717) is 13.1 Å². The number of nitrogens with zero attached hydrogens (tertiary/aromatic N) is 2. The maximum Gasteiger partial charge on any atom is 0.246 e. The summed E-state index contributed by atoms with van der Waals surface area (Å²) in [5.41, 5.74) is 5.43. The predicted octanol–water partition coefficient (Wildman–Crippen LogP) is 0.793. The first-order chi connectivity index (χ1) is 10.0. The molecule has 1 rings (SSSR count). The third-order valence-electron chi connectivity index (χ3n) is 4.10. The zero-order valence-corrected chi connectivity index (χ0v) is 15.7. The SMILES string of the molecule is C=CC(=O)N1C[C@@H](C(=O)N(C)[C@H](C(N)=O)C(C)C)[C@](C)(I)C1. The van der Waals surface area contributed by atoms with Crippen LogP contribution in [0.5, 0.6) is 0 Å². The summed E-state index contributed by atoms with van der Waals surface area (Å²) in [5.74, 6) is -1.30. The van der Waals surface area contributed by atoms with E-state index in [9.17, 15) is 14.4 Å². The van der Waals surface area contributed by atoms with E-state index in [1.807, 2.05) is 20.8 Å². The lowest BCUT2D eigenvalue weighted by atomic mass is 9.94. The number of rotatable bonds is 5. The van der Waals surface area contributed by atoms with Gasteiger partial charge in [-0.2, -0.15) is 0 Å². The van der Waals surface area contributed by atoms with Gasteiger partial charge in [0.15, 0.2) is 0 Å². The molecule has 7 heteroatoms. The Morgan fingerprint density at radius 1 is 1.45 bits per heavy atom. The molecule has 6 nitrogen and oxygen atoms in total. The van der Waals surface area contributed by atoms with Crippen LogP contribution in [0.3, 0.4) is 0 Å². The zero-order chi connectivity index (χ0) is 17.2. The van der Waals surface area contributed by atoms with Gasteiger partial charge in [-0.05, 0) is 18.9 Å². The molecule has 1 aliphatic rings. The standard InChI is InChI=1S/C15H24IN3O3/c1-6-11(20)19-7-10(15(4,16)8-19)14(22)18(5)12(9(2)3)13(17)21/h6,9-10,12H,1,7-8H2,2-5H3,(H2,17,21)/t10-,12-,15+/m0/s1. The van der Waals surface area contributed by atoms with Gasteiger partial charge < -0.3 is 15.5 Å². The molecule has 3 amide bonds. The Labute approximate surface area is 145 Å². The maximum atomic E-state index is 12.8. The van der Waals surface area contributed by atoms with Crippen LogP contribution in [0, 0.1) is 11.8 Å². The monoisotopic (exact) mass is 421 g/mol. The number of hydrogen-bond acceptors (Lipinski definition) is 3. The van der Waals surface area contributed by atoms with Gasteiger partial charge in [0.25, 0.3) is 0 Å². The lowest BCUT2D eigenvalue weighted by Crippen LogP contribution is -2.52. The predicted molar refractivity (Wildman–Crippen MR) is 93.3 cm³/mol. The first-order valence-corrected chi connectivity index (χ1v) is 8.27. The molecule has 1 heterocycles. The second kappa shape index (κ2) is 6.97. The topological polar surface area (TPSA) is 83.7 Å². The summed E-state index contributed by atoms with van der Waals surface area (Å²) >= 11 is 2.21. The van der Waals surface area contributed by atoms with Gasteiger partial charge in [-0.15, -0.1) is 0 Å². The second-order valence-corrected chi connectivity index (χ2v) is 8.76. The lowest BCUT2D eigenvalue weighted by Gasteiger charge is -2.33. The summed E-state index contributed by atoms with van der Waals surface area (Å²) in [6.07, 6.45) is 1.25. The molecule has 2 N–H and O–H groups in total. The van der Waals surface area contributed by atoms with Crippen molar-refractivity contribution in [1.82, 2.24) is 9.80 Å². The van der Waals surface area contributed by atoms with E-state index < -0.39 is 11.9 Å². The fourth-order valence-electron chi connectivity index (χ4n) is 2.94. The number of amides is 3. The Bertz CT molecular complexity index is 490. The highest BCUT2D eigenvalue weighted by atomic mass is 127. The summed E-state index contributed by atoms with van der Waals surface area (Å²) < 4.78 is -0.388. The average Bonchev–Trinajstić information content (AvgIpc) is 2.71.